The van der Waals surface area contributed by atoms with Crippen molar-refractivity contribution < 1.29 is 9.84 Å². The smallest absolute Gasteiger partial charge is 0.127 e. The number of rotatable bonds is 0. The van der Waals surface area contributed by atoms with E-state index < -0.39 is 6.10 Å². The Morgan fingerprint density at radius 2 is 2.35 bits per heavy atom. The van der Waals surface area contributed by atoms with Crippen LogP contribution in [0.1, 0.15) is 25.0 Å². The third kappa shape index (κ3) is 1.90. The van der Waals surface area contributed by atoms with Crippen LogP contribution in [-0.4, -0.2) is 22.2 Å². The number of thioether (sulfide) groups is 1. The van der Waals surface area contributed by atoms with E-state index in [4.69, 9.17) is 4.74 Å². The minimum atomic E-state index is -0.395. The first-order valence-corrected chi connectivity index (χ1v) is 7.80. The molecule has 1 saturated heterocycles. The summed E-state index contributed by atoms with van der Waals surface area (Å²) in [4.78, 5) is 0. The molecule has 92 valence electrons. The van der Waals surface area contributed by atoms with Gasteiger partial charge in [-0.3, -0.25) is 0 Å². The highest BCUT2D eigenvalue weighted by atomic mass is 79.9. The number of aliphatic hydroxyl groups excluding tert-OH is 1. The number of halogens is 1. The van der Waals surface area contributed by atoms with E-state index in [2.05, 4.69) is 22.9 Å². The molecule has 0 aromatic heterocycles. The summed E-state index contributed by atoms with van der Waals surface area (Å²) in [5, 5.41) is 10.3. The number of hydrogen-bond donors (Lipinski definition) is 1. The highest BCUT2D eigenvalue weighted by Crippen LogP contribution is 2.48. The average molecular weight is 315 g/mol. The molecule has 2 aliphatic rings. The molecule has 2 aliphatic heterocycles. The molecule has 3 rings (SSSR count). The van der Waals surface area contributed by atoms with Crippen molar-refractivity contribution in [1.82, 2.24) is 0 Å². The van der Waals surface area contributed by atoms with Gasteiger partial charge in [-0.05, 0) is 17.9 Å². The molecule has 1 aromatic carbocycles. The van der Waals surface area contributed by atoms with Gasteiger partial charge in [0.1, 0.15) is 11.4 Å². The van der Waals surface area contributed by atoms with Crippen molar-refractivity contribution in [2.75, 3.05) is 11.5 Å². The summed E-state index contributed by atoms with van der Waals surface area (Å²) in [6, 6.07) is 5.87. The summed E-state index contributed by atoms with van der Waals surface area (Å²) in [6.07, 6.45) is 0.323. The second-order valence-electron chi connectivity index (χ2n) is 4.99. The van der Waals surface area contributed by atoms with Crippen LogP contribution in [0.3, 0.4) is 0 Å². The highest BCUT2D eigenvalue weighted by molar-refractivity contribution is 9.10. The fourth-order valence-electron chi connectivity index (χ4n) is 2.66. The van der Waals surface area contributed by atoms with Crippen molar-refractivity contribution in [3.8, 4) is 5.75 Å². The first-order chi connectivity index (χ1) is 8.11. The monoisotopic (exact) mass is 314 g/mol. The van der Waals surface area contributed by atoms with Crippen LogP contribution >= 0.6 is 27.7 Å². The predicted molar refractivity (Wildman–Crippen MR) is 73.6 cm³/mol. The van der Waals surface area contributed by atoms with Gasteiger partial charge in [0.2, 0.25) is 0 Å². The highest BCUT2D eigenvalue weighted by Gasteiger charge is 2.47. The van der Waals surface area contributed by atoms with Crippen LogP contribution < -0.4 is 4.74 Å². The zero-order chi connectivity index (χ0) is 12.0. The molecule has 1 N–H and O–H groups in total. The van der Waals surface area contributed by atoms with Gasteiger partial charge in [0.05, 0.1) is 6.10 Å². The molecule has 0 aliphatic carbocycles. The predicted octanol–water partition coefficient (Wildman–Crippen LogP) is 3.39. The summed E-state index contributed by atoms with van der Waals surface area (Å²) in [6.45, 7) is 2.22. The molecule has 1 fully saturated rings. The Labute approximate surface area is 114 Å². The van der Waals surface area contributed by atoms with E-state index in [0.717, 1.165) is 33.7 Å². The van der Waals surface area contributed by atoms with E-state index in [1.807, 2.05) is 30.0 Å². The third-order valence-electron chi connectivity index (χ3n) is 3.80. The molecule has 3 atom stereocenters. The van der Waals surface area contributed by atoms with Crippen LogP contribution in [0.15, 0.2) is 22.7 Å². The maximum atomic E-state index is 10.3. The van der Waals surface area contributed by atoms with Gasteiger partial charge in [0.15, 0.2) is 0 Å². The number of ether oxygens (including phenoxy) is 1. The zero-order valence-electron chi connectivity index (χ0n) is 9.65. The van der Waals surface area contributed by atoms with Crippen LogP contribution in [0.4, 0.5) is 0 Å². The lowest BCUT2D eigenvalue weighted by Crippen LogP contribution is -2.46. The second-order valence-corrected chi connectivity index (χ2v) is 6.93. The third-order valence-corrected chi connectivity index (χ3v) is 5.72. The summed E-state index contributed by atoms with van der Waals surface area (Å²) in [7, 11) is 0. The average Bonchev–Trinajstić information content (AvgIpc) is 2.59. The van der Waals surface area contributed by atoms with Crippen molar-refractivity contribution in [1.29, 1.82) is 0 Å². The largest absolute Gasteiger partial charge is 0.486 e. The number of hydrogen-bond acceptors (Lipinski definition) is 3. The SMILES string of the molecule is CC1CSCC12CC(O)c1ccc(Br)cc1O2. The molecular weight excluding hydrogens is 300 g/mol. The summed E-state index contributed by atoms with van der Waals surface area (Å²) >= 11 is 5.38. The Bertz CT molecular complexity index is 451. The molecule has 0 saturated carbocycles. The van der Waals surface area contributed by atoms with E-state index in [1.165, 1.54) is 0 Å². The molecule has 0 bridgehead atoms. The van der Waals surface area contributed by atoms with Crippen molar-refractivity contribution >= 4 is 27.7 Å². The molecule has 1 spiro atoms. The van der Waals surface area contributed by atoms with Crippen molar-refractivity contribution in [2.45, 2.75) is 25.0 Å². The Morgan fingerprint density at radius 3 is 3.06 bits per heavy atom. The van der Waals surface area contributed by atoms with Crippen LogP contribution in [0.5, 0.6) is 5.75 Å². The molecule has 2 nitrogen and oxygen atoms in total. The summed E-state index contributed by atoms with van der Waals surface area (Å²) < 4.78 is 7.23. The van der Waals surface area contributed by atoms with Gasteiger partial charge in [-0.1, -0.05) is 28.9 Å². The van der Waals surface area contributed by atoms with Crippen LogP contribution in [-0.2, 0) is 0 Å². The normalized spacial score (nSPS) is 35.7. The van der Waals surface area contributed by atoms with Gasteiger partial charge in [-0.2, -0.15) is 11.8 Å². The van der Waals surface area contributed by atoms with Crippen molar-refractivity contribution in [3.05, 3.63) is 28.2 Å². The van der Waals surface area contributed by atoms with Gasteiger partial charge in [0.25, 0.3) is 0 Å². The van der Waals surface area contributed by atoms with Gasteiger partial charge in [0, 0.05) is 28.1 Å². The van der Waals surface area contributed by atoms with Gasteiger partial charge in [-0.25, -0.2) is 0 Å². The Morgan fingerprint density at radius 1 is 1.53 bits per heavy atom. The minimum Gasteiger partial charge on any atom is -0.486 e. The quantitative estimate of drug-likeness (QED) is 0.796. The number of aliphatic hydroxyl groups is 1. The lowest BCUT2D eigenvalue weighted by Gasteiger charge is -2.40. The molecule has 4 heteroatoms. The van der Waals surface area contributed by atoms with Crippen LogP contribution in [0.2, 0.25) is 0 Å². The minimum absolute atomic E-state index is 0.169. The Hall–Kier alpha value is -0.190. The second kappa shape index (κ2) is 4.18. The van der Waals surface area contributed by atoms with Crippen molar-refractivity contribution in [3.63, 3.8) is 0 Å². The summed E-state index contributed by atoms with van der Waals surface area (Å²) in [5.74, 6) is 3.44. The lowest BCUT2D eigenvalue weighted by atomic mass is 9.82. The van der Waals surface area contributed by atoms with E-state index in [-0.39, 0.29) is 5.60 Å². The van der Waals surface area contributed by atoms with Crippen molar-refractivity contribution in [2.24, 2.45) is 5.92 Å². The standard InChI is InChI=1S/C13H15BrO2S/c1-8-6-17-7-13(8)5-11(15)10-3-2-9(14)4-12(10)16-13/h2-4,8,11,15H,5-7H2,1H3. The first-order valence-electron chi connectivity index (χ1n) is 5.85. The first kappa shape index (κ1) is 11.9. The molecule has 1 aromatic rings. The lowest BCUT2D eigenvalue weighted by molar-refractivity contribution is -0.0224. The Balaban J connectivity index is 2.02. The van der Waals surface area contributed by atoms with Crippen LogP contribution in [0, 0.1) is 5.92 Å². The molecule has 0 amide bonds. The molecule has 17 heavy (non-hydrogen) atoms. The van der Waals surface area contributed by atoms with E-state index >= 15 is 0 Å². The number of benzene rings is 1. The molecular formula is C13H15BrO2S. The maximum Gasteiger partial charge on any atom is 0.127 e. The zero-order valence-corrected chi connectivity index (χ0v) is 12.1. The molecule has 0 radical (unpaired) electrons. The Kier molecular flexibility index (Phi) is 2.92. The molecule has 2 heterocycles. The maximum absolute atomic E-state index is 10.3. The molecule has 3 unspecified atom stereocenters. The fourth-order valence-corrected chi connectivity index (χ4v) is 4.58. The van der Waals surface area contributed by atoms with Crippen LogP contribution in [0.25, 0.3) is 0 Å². The fraction of sp³-hybridized carbons (Fsp3) is 0.538. The van der Waals surface area contributed by atoms with E-state index in [9.17, 15) is 5.11 Å². The van der Waals surface area contributed by atoms with Gasteiger partial charge >= 0.3 is 0 Å². The van der Waals surface area contributed by atoms with Gasteiger partial charge in [-0.15, -0.1) is 0 Å². The number of fused-ring (bicyclic) bond motifs is 1. The van der Waals surface area contributed by atoms with E-state index in [1.54, 1.807) is 0 Å². The summed E-state index contributed by atoms with van der Waals surface area (Å²) in [5.41, 5.74) is 0.751. The topological polar surface area (TPSA) is 29.5 Å². The van der Waals surface area contributed by atoms with E-state index in [0.29, 0.717) is 5.92 Å². The van der Waals surface area contributed by atoms with Gasteiger partial charge < -0.3 is 9.84 Å².